The van der Waals surface area contributed by atoms with Crippen LogP contribution in [-0.4, -0.2) is 0 Å². The SMILES string of the molecule is CC.CCC1=CCCC(c2ccccc2)C=C1. The van der Waals surface area contributed by atoms with Crippen LogP contribution in [0, 0.1) is 0 Å². The van der Waals surface area contributed by atoms with Crippen LogP contribution in [0.1, 0.15) is 51.5 Å². The Kier molecular flexibility index (Phi) is 6.39. The molecule has 1 aromatic rings. The summed E-state index contributed by atoms with van der Waals surface area (Å²) >= 11 is 0. The minimum atomic E-state index is 0.603. The van der Waals surface area contributed by atoms with Gasteiger partial charge in [-0.15, -0.1) is 0 Å². The zero-order chi connectivity index (χ0) is 12.5. The first-order chi connectivity index (χ1) is 8.40. The van der Waals surface area contributed by atoms with E-state index in [1.807, 2.05) is 13.8 Å². The standard InChI is InChI=1S/C15H18.C2H6/c1-2-13-7-6-10-15(12-11-13)14-8-4-3-5-9-14;1-2/h3-5,7-9,11-12,15H,2,6,10H2,1H3;1-2H3. The number of hydrogen-bond acceptors (Lipinski definition) is 0. The van der Waals surface area contributed by atoms with Crippen molar-refractivity contribution < 1.29 is 0 Å². The van der Waals surface area contributed by atoms with Gasteiger partial charge in [-0.25, -0.2) is 0 Å². The van der Waals surface area contributed by atoms with Crippen molar-refractivity contribution in [3.05, 3.63) is 59.7 Å². The summed E-state index contributed by atoms with van der Waals surface area (Å²) in [6.07, 6.45) is 10.6. The lowest BCUT2D eigenvalue weighted by Gasteiger charge is -2.10. The molecule has 0 bridgehead atoms. The summed E-state index contributed by atoms with van der Waals surface area (Å²) in [6.45, 7) is 6.22. The molecule has 1 aliphatic rings. The zero-order valence-electron chi connectivity index (χ0n) is 11.3. The number of allylic oxidation sites excluding steroid dienone is 4. The van der Waals surface area contributed by atoms with E-state index >= 15 is 0 Å². The fraction of sp³-hybridized carbons (Fsp3) is 0.412. The van der Waals surface area contributed by atoms with Crippen molar-refractivity contribution in [3.63, 3.8) is 0 Å². The fourth-order valence-electron chi connectivity index (χ4n) is 2.09. The smallest absolute Gasteiger partial charge is 0.00241 e. The van der Waals surface area contributed by atoms with E-state index in [4.69, 9.17) is 0 Å². The topological polar surface area (TPSA) is 0 Å². The molecule has 17 heavy (non-hydrogen) atoms. The van der Waals surface area contributed by atoms with Crippen LogP contribution in [0.2, 0.25) is 0 Å². The molecule has 1 atom stereocenters. The van der Waals surface area contributed by atoms with E-state index in [1.165, 1.54) is 24.0 Å². The second-order valence-electron chi connectivity index (χ2n) is 4.09. The molecule has 0 amide bonds. The molecule has 0 heteroatoms. The Bertz CT molecular complexity index is 357. The lowest BCUT2D eigenvalue weighted by atomic mass is 9.95. The van der Waals surface area contributed by atoms with E-state index in [2.05, 4.69) is 55.5 Å². The highest BCUT2D eigenvalue weighted by Gasteiger charge is 2.08. The Morgan fingerprint density at radius 1 is 1.12 bits per heavy atom. The molecule has 92 valence electrons. The van der Waals surface area contributed by atoms with Crippen molar-refractivity contribution in [3.8, 4) is 0 Å². The molecular formula is C17H24. The second-order valence-corrected chi connectivity index (χ2v) is 4.09. The molecule has 0 heterocycles. The quantitative estimate of drug-likeness (QED) is 0.628. The predicted molar refractivity (Wildman–Crippen MR) is 77.3 cm³/mol. The molecular weight excluding hydrogens is 204 g/mol. The lowest BCUT2D eigenvalue weighted by Crippen LogP contribution is -1.92. The van der Waals surface area contributed by atoms with Gasteiger partial charge in [-0.1, -0.05) is 74.9 Å². The van der Waals surface area contributed by atoms with Gasteiger partial charge >= 0.3 is 0 Å². The Morgan fingerprint density at radius 3 is 2.47 bits per heavy atom. The van der Waals surface area contributed by atoms with Crippen LogP contribution in [0.25, 0.3) is 0 Å². The molecule has 2 rings (SSSR count). The van der Waals surface area contributed by atoms with Gasteiger partial charge in [0.05, 0.1) is 0 Å². The number of benzene rings is 1. The summed E-state index contributed by atoms with van der Waals surface area (Å²) in [6, 6.07) is 10.8. The van der Waals surface area contributed by atoms with Crippen LogP contribution >= 0.6 is 0 Å². The van der Waals surface area contributed by atoms with Crippen molar-refractivity contribution in [2.75, 3.05) is 0 Å². The van der Waals surface area contributed by atoms with Gasteiger partial charge in [-0.3, -0.25) is 0 Å². The minimum absolute atomic E-state index is 0.603. The van der Waals surface area contributed by atoms with Crippen molar-refractivity contribution in [1.82, 2.24) is 0 Å². The summed E-state index contributed by atoms with van der Waals surface area (Å²) in [4.78, 5) is 0. The number of rotatable bonds is 2. The van der Waals surface area contributed by atoms with Gasteiger partial charge < -0.3 is 0 Å². The highest BCUT2D eigenvalue weighted by molar-refractivity contribution is 5.29. The first-order valence-electron chi connectivity index (χ1n) is 6.82. The Hall–Kier alpha value is -1.30. The molecule has 0 aliphatic heterocycles. The number of hydrogen-bond donors (Lipinski definition) is 0. The van der Waals surface area contributed by atoms with Crippen molar-refractivity contribution >= 4 is 0 Å². The monoisotopic (exact) mass is 228 g/mol. The van der Waals surface area contributed by atoms with Gasteiger partial charge in [0, 0.05) is 5.92 Å². The molecule has 0 radical (unpaired) electrons. The molecule has 0 saturated heterocycles. The first kappa shape index (κ1) is 13.8. The molecule has 0 nitrogen and oxygen atoms in total. The van der Waals surface area contributed by atoms with Crippen LogP contribution in [0.5, 0.6) is 0 Å². The van der Waals surface area contributed by atoms with Crippen molar-refractivity contribution in [2.45, 2.75) is 46.0 Å². The zero-order valence-corrected chi connectivity index (χ0v) is 11.3. The Morgan fingerprint density at radius 2 is 1.82 bits per heavy atom. The maximum Gasteiger partial charge on any atom is 0.00241 e. The van der Waals surface area contributed by atoms with Crippen LogP contribution in [0.3, 0.4) is 0 Å². The first-order valence-corrected chi connectivity index (χ1v) is 6.82. The Balaban J connectivity index is 0.000000686. The highest BCUT2D eigenvalue weighted by atomic mass is 14.1. The predicted octanol–water partition coefficient (Wildman–Crippen LogP) is 5.48. The normalized spacial score (nSPS) is 18.8. The van der Waals surface area contributed by atoms with E-state index in [1.54, 1.807) is 0 Å². The summed E-state index contributed by atoms with van der Waals surface area (Å²) in [5, 5.41) is 0. The van der Waals surface area contributed by atoms with Gasteiger partial charge in [0.2, 0.25) is 0 Å². The molecule has 0 fully saturated rings. The van der Waals surface area contributed by atoms with Gasteiger partial charge in [-0.05, 0) is 24.8 Å². The molecule has 1 aromatic carbocycles. The molecule has 1 unspecified atom stereocenters. The molecule has 1 aliphatic carbocycles. The van der Waals surface area contributed by atoms with Gasteiger partial charge in [-0.2, -0.15) is 0 Å². The third-order valence-electron chi connectivity index (χ3n) is 3.06. The van der Waals surface area contributed by atoms with Crippen LogP contribution < -0.4 is 0 Å². The highest BCUT2D eigenvalue weighted by Crippen LogP contribution is 2.26. The van der Waals surface area contributed by atoms with Gasteiger partial charge in [0.1, 0.15) is 0 Å². The van der Waals surface area contributed by atoms with E-state index < -0.39 is 0 Å². The fourth-order valence-corrected chi connectivity index (χ4v) is 2.09. The molecule has 0 aromatic heterocycles. The van der Waals surface area contributed by atoms with Crippen LogP contribution in [-0.2, 0) is 0 Å². The second kappa shape index (κ2) is 7.89. The average Bonchev–Trinajstić information content (AvgIpc) is 2.67. The van der Waals surface area contributed by atoms with Gasteiger partial charge in [0.25, 0.3) is 0 Å². The summed E-state index contributed by atoms with van der Waals surface area (Å²) in [7, 11) is 0. The lowest BCUT2D eigenvalue weighted by molar-refractivity contribution is 0.755. The van der Waals surface area contributed by atoms with E-state index in [-0.39, 0.29) is 0 Å². The van der Waals surface area contributed by atoms with Crippen LogP contribution in [0.4, 0.5) is 0 Å². The Labute approximate surface area is 106 Å². The van der Waals surface area contributed by atoms with E-state index in [0.717, 1.165) is 6.42 Å². The molecule has 0 N–H and O–H groups in total. The van der Waals surface area contributed by atoms with E-state index in [9.17, 15) is 0 Å². The average molecular weight is 228 g/mol. The van der Waals surface area contributed by atoms with Crippen LogP contribution in [0.15, 0.2) is 54.1 Å². The third kappa shape index (κ3) is 4.22. The van der Waals surface area contributed by atoms with E-state index in [0.29, 0.717) is 5.92 Å². The summed E-state index contributed by atoms with van der Waals surface area (Å²) in [5.41, 5.74) is 2.92. The van der Waals surface area contributed by atoms with Crippen molar-refractivity contribution in [2.24, 2.45) is 0 Å². The maximum atomic E-state index is 2.37. The van der Waals surface area contributed by atoms with Gasteiger partial charge in [0.15, 0.2) is 0 Å². The maximum absolute atomic E-state index is 2.37. The molecule has 0 saturated carbocycles. The summed E-state index contributed by atoms with van der Waals surface area (Å²) < 4.78 is 0. The summed E-state index contributed by atoms with van der Waals surface area (Å²) in [5.74, 6) is 0.603. The largest absolute Gasteiger partial charge is 0.0813 e. The minimum Gasteiger partial charge on any atom is -0.0813 e. The van der Waals surface area contributed by atoms with Crippen molar-refractivity contribution in [1.29, 1.82) is 0 Å². The molecule has 0 spiro atoms. The third-order valence-corrected chi connectivity index (χ3v) is 3.06.